The number of rotatable bonds is 8. The first-order chi connectivity index (χ1) is 18.7. The molecule has 0 saturated carbocycles. The monoisotopic (exact) mass is 524 g/mol. The van der Waals surface area contributed by atoms with Crippen LogP contribution >= 0.6 is 11.3 Å². The van der Waals surface area contributed by atoms with E-state index in [1.165, 1.54) is 4.88 Å². The SMILES string of the molecule is COc1ccc2c(c1)Cc1c-2c2c(c3c4cc(COCCc5cccs5)ccc4n(CCO)c13)CNC2=O. The summed E-state index contributed by atoms with van der Waals surface area (Å²) >= 11 is 1.75. The minimum Gasteiger partial charge on any atom is -0.497 e. The molecule has 1 aliphatic heterocycles. The molecule has 38 heavy (non-hydrogen) atoms. The molecule has 2 N–H and O–H groups in total. The molecule has 7 heteroatoms. The number of ether oxygens (including phenoxy) is 2. The second-order valence-electron chi connectivity index (χ2n) is 9.92. The van der Waals surface area contributed by atoms with Crippen LogP contribution in [0.3, 0.4) is 0 Å². The average Bonchev–Trinajstić information content (AvgIpc) is 3.71. The van der Waals surface area contributed by atoms with Crippen molar-refractivity contribution in [1.29, 1.82) is 0 Å². The number of carbonyl (C=O) groups is 1. The van der Waals surface area contributed by atoms with Gasteiger partial charge in [0.15, 0.2) is 0 Å². The van der Waals surface area contributed by atoms with Crippen LogP contribution in [0.2, 0.25) is 0 Å². The van der Waals surface area contributed by atoms with E-state index in [0.717, 1.165) is 79.3 Å². The van der Waals surface area contributed by atoms with Crippen molar-refractivity contribution in [3.8, 4) is 16.9 Å². The third kappa shape index (κ3) is 3.57. The summed E-state index contributed by atoms with van der Waals surface area (Å²) in [6.45, 7) is 2.24. The van der Waals surface area contributed by atoms with Crippen molar-refractivity contribution < 1.29 is 19.4 Å². The van der Waals surface area contributed by atoms with Gasteiger partial charge in [0.05, 0.1) is 38.0 Å². The molecule has 0 fully saturated rings. The Bertz CT molecular complexity index is 1720. The second-order valence-corrected chi connectivity index (χ2v) is 11.0. The van der Waals surface area contributed by atoms with Crippen molar-refractivity contribution in [1.82, 2.24) is 9.88 Å². The molecule has 0 atom stereocenters. The molecular formula is C31H28N2O4S. The zero-order valence-corrected chi connectivity index (χ0v) is 22.0. The van der Waals surface area contributed by atoms with Gasteiger partial charge in [-0.05, 0) is 63.5 Å². The van der Waals surface area contributed by atoms with Gasteiger partial charge < -0.3 is 24.5 Å². The van der Waals surface area contributed by atoms with Crippen LogP contribution in [0, 0.1) is 0 Å². The van der Waals surface area contributed by atoms with Crippen molar-refractivity contribution >= 4 is 39.0 Å². The van der Waals surface area contributed by atoms with Gasteiger partial charge in [-0.15, -0.1) is 11.3 Å². The highest BCUT2D eigenvalue weighted by Gasteiger charge is 2.35. The minimum absolute atomic E-state index is 0.0158. The summed E-state index contributed by atoms with van der Waals surface area (Å²) in [5.74, 6) is 0.798. The van der Waals surface area contributed by atoms with Crippen molar-refractivity contribution in [3.63, 3.8) is 0 Å². The maximum atomic E-state index is 13.2. The predicted molar refractivity (Wildman–Crippen MR) is 150 cm³/mol. The molecule has 0 saturated heterocycles. The highest BCUT2D eigenvalue weighted by Crippen LogP contribution is 2.49. The maximum absolute atomic E-state index is 13.2. The number of hydrogen-bond acceptors (Lipinski definition) is 5. The van der Waals surface area contributed by atoms with E-state index >= 15 is 0 Å². The highest BCUT2D eigenvalue weighted by atomic mass is 32.1. The lowest BCUT2D eigenvalue weighted by atomic mass is 9.92. The number of aromatic nitrogens is 1. The molecule has 3 aromatic carbocycles. The van der Waals surface area contributed by atoms with Crippen LogP contribution in [-0.4, -0.2) is 35.9 Å². The molecule has 7 rings (SSSR count). The standard InChI is InChI=1S/C31H28N2O4S/c1-36-20-5-6-22-19(14-20)15-24-27(22)29-25(16-32-31(29)35)28-23-13-18(17-37-11-8-21-3-2-12-38-21)4-7-26(23)33(9-10-34)30(24)28/h2-7,12-14,34H,8-11,15-17H2,1H3,(H,32,35). The molecule has 0 bridgehead atoms. The summed E-state index contributed by atoms with van der Waals surface area (Å²) in [6.07, 6.45) is 1.63. The fourth-order valence-electron chi connectivity index (χ4n) is 6.24. The number of nitrogens with one attached hydrogen (secondary N) is 1. The number of fused-ring (bicyclic) bond motifs is 10. The molecule has 3 heterocycles. The van der Waals surface area contributed by atoms with E-state index in [9.17, 15) is 9.90 Å². The summed E-state index contributed by atoms with van der Waals surface area (Å²) in [5, 5.41) is 17.4. The largest absolute Gasteiger partial charge is 0.497 e. The highest BCUT2D eigenvalue weighted by molar-refractivity contribution is 7.09. The number of hydrogen-bond donors (Lipinski definition) is 2. The average molecular weight is 525 g/mol. The maximum Gasteiger partial charge on any atom is 0.252 e. The van der Waals surface area contributed by atoms with E-state index in [0.29, 0.717) is 26.3 Å². The van der Waals surface area contributed by atoms with Crippen LogP contribution in [0.15, 0.2) is 53.9 Å². The zero-order valence-electron chi connectivity index (χ0n) is 21.2. The van der Waals surface area contributed by atoms with Gasteiger partial charge in [0.25, 0.3) is 5.91 Å². The number of amides is 1. The summed E-state index contributed by atoms with van der Waals surface area (Å²) in [5.41, 5.74) is 9.56. The van der Waals surface area contributed by atoms with E-state index in [2.05, 4.69) is 57.7 Å². The normalized spacial score (nSPS) is 13.7. The Morgan fingerprint density at radius 2 is 2.03 bits per heavy atom. The fraction of sp³-hybridized carbons (Fsp3) is 0.258. The van der Waals surface area contributed by atoms with Gasteiger partial charge in [0.2, 0.25) is 0 Å². The second kappa shape index (κ2) is 9.27. The number of benzene rings is 3. The molecule has 192 valence electrons. The topological polar surface area (TPSA) is 72.7 Å². The molecule has 6 nitrogen and oxygen atoms in total. The molecule has 0 spiro atoms. The Labute approximate surface area is 224 Å². The smallest absolute Gasteiger partial charge is 0.252 e. The van der Waals surface area contributed by atoms with E-state index < -0.39 is 0 Å². The van der Waals surface area contributed by atoms with Gasteiger partial charge in [-0.2, -0.15) is 0 Å². The summed E-state index contributed by atoms with van der Waals surface area (Å²) in [6, 6.07) is 16.8. The molecule has 0 radical (unpaired) electrons. The Kier molecular flexibility index (Phi) is 5.73. The van der Waals surface area contributed by atoms with E-state index in [1.807, 2.05) is 6.07 Å². The van der Waals surface area contributed by atoms with Crippen LogP contribution in [0.5, 0.6) is 5.75 Å². The van der Waals surface area contributed by atoms with Crippen molar-refractivity contribution in [2.24, 2.45) is 0 Å². The van der Waals surface area contributed by atoms with Crippen molar-refractivity contribution in [2.75, 3.05) is 20.3 Å². The Morgan fingerprint density at radius 3 is 2.84 bits per heavy atom. The molecule has 1 amide bonds. The lowest BCUT2D eigenvalue weighted by molar-refractivity contribution is 0.0966. The quantitative estimate of drug-likeness (QED) is 0.261. The Morgan fingerprint density at radius 1 is 1.11 bits per heavy atom. The van der Waals surface area contributed by atoms with Gasteiger partial charge in [-0.25, -0.2) is 0 Å². The molecule has 2 aliphatic rings. The van der Waals surface area contributed by atoms with Gasteiger partial charge in [0.1, 0.15) is 5.75 Å². The van der Waals surface area contributed by atoms with Crippen LogP contribution < -0.4 is 10.1 Å². The third-order valence-corrected chi connectivity index (χ3v) is 8.77. The van der Waals surface area contributed by atoms with Gasteiger partial charge in [-0.1, -0.05) is 18.2 Å². The first kappa shape index (κ1) is 23.5. The first-order valence-electron chi connectivity index (χ1n) is 13.0. The van der Waals surface area contributed by atoms with Crippen LogP contribution in [0.25, 0.3) is 32.9 Å². The lowest BCUT2D eigenvalue weighted by Gasteiger charge is -2.13. The third-order valence-electron chi connectivity index (χ3n) is 7.84. The lowest BCUT2D eigenvalue weighted by Crippen LogP contribution is -2.13. The number of aliphatic hydroxyl groups excluding tert-OH is 1. The van der Waals surface area contributed by atoms with Crippen molar-refractivity contribution in [2.45, 2.75) is 32.5 Å². The van der Waals surface area contributed by atoms with Crippen LogP contribution in [-0.2, 0) is 37.3 Å². The minimum atomic E-state index is -0.0158. The summed E-state index contributed by atoms with van der Waals surface area (Å²) < 4.78 is 13.8. The molecule has 0 unspecified atom stereocenters. The van der Waals surface area contributed by atoms with E-state index in [1.54, 1.807) is 18.4 Å². The van der Waals surface area contributed by atoms with E-state index in [4.69, 9.17) is 9.47 Å². The number of nitrogens with zero attached hydrogens (tertiary/aromatic N) is 1. The molecular weight excluding hydrogens is 496 g/mol. The Balaban J connectivity index is 1.38. The zero-order chi connectivity index (χ0) is 25.8. The molecule has 2 aromatic heterocycles. The number of aliphatic hydroxyl groups is 1. The Hall–Kier alpha value is -3.65. The van der Waals surface area contributed by atoms with Gasteiger partial charge in [-0.3, -0.25) is 4.79 Å². The van der Waals surface area contributed by atoms with Crippen LogP contribution in [0.4, 0.5) is 0 Å². The molecule has 5 aromatic rings. The molecule has 1 aliphatic carbocycles. The summed E-state index contributed by atoms with van der Waals surface area (Å²) in [7, 11) is 1.68. The van der Waals surface area contributed by atoms with Gasteiger partial charge >= 0.3 is 0 Å². The summed E-state index contributed by atoms with van der Waals surface area (Å²) in [4.78, 5) is 14.5. The number of methoxy groups -OCH3 is 1. The number of carbonyl (C=O) groups excluding carboxylic acids is 1. The van der Waals surface area contributed by atoms with Gasteiger partial charge in [0, 0.05) is 52.7 Å². The predicted octanol–water partition coefficient (Wildman–Crippen LogP) is 5.43. The van der Waals surface area contributed by atoms with E-state index in [-0.39, 0.29) is 12.5 Å². The fourth-order valence-corrected chi connectivity index (χ4v) is 6.93. The van der Waals surface area contributed by atoms with Crippen molar-refractivity contribution in [3.05, 3.63) is 86.6 Å². The van der Waals surface area contributed by atoms with Crippen LogP contribution in [0.1, 0.15) is 37.5 Å². The number of thiophene rings is 1. The first-order valence-corrected chi connectivity index (χ1v) is 13.8.